The van der Waals surface area contributed by atoms with Crippen molar-refractivity contribution in [2.45, 2.75) is 57.3 Å². The lowest BCUT2D eigenvalue weighted by molar-refractivity contribution is -0.128. The fourth-order valence-corrected chi connectivity index (χ4v) is 7.14. The molecule has 3 aliphatic rings. The van der Waals surface area contributed by atoms with Gasteiger partial charge in [-0.2, -0.15) is 4.98 Å². The maximum Gasteiger partial charge on any atom is 0.350 e. The van der Waals surface area contributed by atoms with Crippen LogP contribution in [0.25, 0.3) is 22.0 Å². The first-order valence-corrected chi connectivity index (χ1v) is 15.4. The van der Waals surface area contributed by atoms with E-state index in [1.807, 2.05) is 18.7 Å². The molecule has 4 atom stereocenters. The van der Waals surface area contributed by atoms with E-state index in [1.54, 1.807) is 15.5 Å². The van der Waals surface area contributed by atoms with Crippen molar-refractivity contribution in [3.63, 3.8) is 0 Å². The molecule has 1 aromatic heterocycles. The van der Waals surface area contributed by atoms with Crippen LogP contribution in [0.2, 0.25) is 5.02 Å². The van der Waals surface area contributed by atoms with Gasteiger partial charge >= 0.3 is 5.69 Å². The van der Waals surface area contributed by atoms with Gasteiger partial charge in [-0.25, -0.2) is 13.6 Å². The minimum Gasteiger partial charge on any atom is -0.488 e. The number of carbonyl (C=O) groups is 1. The quantitative estimate of drug-likeness (QED) is 0.389. The summed E-state index contributed by atoms with van der Waals surface area (Å²) < 4.78 is 37.0. The Kier molecular flexibility index (Phi) is 8.38. The summed E-state index contributed by atoms with van der Waals surface area (Å²) >= 11 is 6.85. The van der Waals surface area contributed by atoms with E-state index in [-0.39, 0.29) is 58.6 Å². The van der Waals surface area contributed by atoms with E-state index >= 15 is 4.39 Å². The Morgan fingerprint density at radius 3 is 2.70 bits per heavy atom. The van der Waals surface area contributed by atoms with Gasteiger partial charge in [-0.15, -0.1) is 0 Å². The van der Waals surface area contributed by atoms with Crippen LogP contribution < -0.4 is 15.3 Å². The normalized spacial score (nSPS) is 23.7. The Labute approximate surface area is 259 Å². The summed E-state index contributed by atoms with van der Waals surface area (Å²) in [6.07, 6.45) is 3.14. The van der Waals surface area contributed by atoms with Crippen molar-refractivity contribution < 1.29 is 23.4 Å². The van der Waals surface area contributed by atoms with Gasteiger partial charge in [-0.05, 0) is 63.9 Å². The number of likely N-dealkylation sites (tertiary alicyclic amines) is 1. The SMILES string of the molecule is C=CC(=O)N1C[C@H](C)N(c2nc(=O)n3c4c(c(-c5ccc(F)cc5F)c(Cl)cc24)OC[C@H]3CCCN2CC[C@H](O)C2)C[C@H]1C. The average Bonchev–Trinajstić information content (AvgIpc) is 3.41. The summed E-state index contributed by atoms with van der Waals surface area (Å²) in [4.78, 5) is 36.9. The van der Waals surface area contributed by atoms with Crippen molar-refractivity contribution in [2.24, 2.45) is 0 Å². The van der Waals surface area contributed by atoms with E-state index in [2.05, 4.69) is 16.5 Å². The standard InChI is InChI=1S/C32H36ClF2N5O4/c1-4-27(42)38-14-19(3)39(15-18(38)2)31-24-13-25(33)28(23-8-7-20(34)12-26(23)35)30-29(24)40(32(43)36-31)21(17-44-30)6-5-10-37-11-9-22(41)16-37/h4,7-8,12-13,18-19,21-22,41H,1,5-6,9-11,14-17H2,2-3H3/t18-,19+,21-,22+/m1/s1. The molecule has 0 bridgehead atoms. The van der Waals surface area contributed by atoms with Crippen molar-refractivity contribution in [1.29, 1.82) is 0 Å². The number of nitrogens with zero attached hydrogens (tertiary/aromatic N) is 5. The van der Waals surface area contributed by atoms with Crippen LogP contribution in [0.4, 0.5) is 14.6 Å². The number of amides is 1. The Morgan fingerprint density at radius 2 is 2.00 bits per heavy atom. The Bertz CT molecular complexity index is 1680. The lowest BCUT2D eigenvalue weighted by atomic mass is 9.98. The fraction of sp³-hybridized carbons (Fsp3) is 0.469. The molecular formula is C32H36ClF2N5O4. The zero-order valence-corrected chi connectivity index (χ0v) is 25.6. The van der Waals surface area contributed by atoms with Gasteiger partial charge in [0.05, 0.1) is 22.7 Å². The van der Waals surface area contributed by atoms with Crippen molar-refractivity contribution in [3.05, 3.63) is 64.1 Å². The topological polar surface area (TPSA) is 91.1 Å². The first-order valence-electron chi connectivity index (χ1n) is 15.0. The number of β-amino-alcohol motifs (C(OH)–C–C–N with tert-alkyl or cyclic N) is 1. The van der Waals surface area contributed by atoms with Gasteiger partial charge in [-0.3, -0.25) is 9.36 Å². The van der Waals surface area contributed by atoms with Crippen molar-refractivity contribution in [2.75, 3.05) is 44.2 Å². The summed E-state index contributed by atoms with van der Waals surface area (Å²) in [6.45, 7) is 10.7. The summed E-state index contributed by atoms with van der Waals surface area (Å²) in [5, 5.41) is 10.6. The molecule has 3 aromatic rings. The van der Waals surface area contributed by atoms with Crippen LogP contribution in [0.1, 0.15) is 39.2 Å². The van der Waals surface area contributed by atoms with Gasteiger partial charge in [0.1, 0.15) is 24.1 Å². The molecule has 2 saturated heterocycles. The summed E-state index contributed by atoms with van der Waals surface area (Å²) in [6, 6.07) is 4.24. The molecule has 0 radical (unpaired) electrons. The van der Waals surface area contributed by atoms with E-state index < -0.39 is 17.3 Å². The Balaban J connectivity index is 1.47. The van der Waals surface area contributed by atoms with E-state index in [4.69, 9.17) is 16.3 Å². The van der Waals surface area contributed by atoms with Crippen molar-refractivity contribution in [3.8, 4) is 16.9 Å². The maximum absolute atomic E-state index is 15.1. The third kappa shape index (κ3) is 5.46. The van der Waals surface area contributed by atoms with Gasteiger partial charge < -0.3 is 24.5 Å². The van der Waals surface area contributed by atoms with E-state index in [0.29, 0.717) is 42.8 Å². The zero-order chi connectivity index (χ0) is 31.3. The van der Waals surface area contributed by atoms with Crippen molar-refractivity contribution >= 4 is 34.2 Å². The molecule has 6 rings (SSSR count). The molecule has 4 heterocycles. The minimum atomic E-state index is -0.797. The fourth-order valence-electron chi connectivity index (χ4n) is 6.85. The van der Waals surface area contributed by atoms with Crippen LogP contribution in [0.15, 0.2) is 41.7 Å². The van der Waals surface area contributed by atoms with Gasteiger partial charge in [0, 0.05) is 60.8 Å². The van der Waals surface area contributed by atoms with Gasteiger partial charge in [-0.1, -0.05) is 18.2 Å². The van der Waals surface area contributed by atoms with E-state index in [0.717, 1.165) is 38.1 Å². The third-order valence-electron chi connectivity index (χ3n) is 9.06. The number of benzene rings is 2. The number of anilines is 1. The molecule has 3 aliphatic heterocycles. The molecule has 0 spiro atoms. The largest absolute Gasteiger partial charge is 0.488 e. The average molecular weight is 628 g/mol. The number of aliphatic hydroxyl groups excluding tert-OH is 1. The minimum absolute atomic E-state index is 0.0650. The van der Waals surface area contributed by atoms with Gasteiger partial charge in [0.15, 0.2) is 5.75 Å². The first kappa shape index (κ1) is 30.5. The number of hydrogen-bond donors (Lipinski definition) is 1. The monoisotopic (exact) mass is 627 g/mol. The van der Waals surface area contributed by atoms with Crippen LogP contribution in [0, 0.1) is 11.6 Å². The number of aliphatic hydroxyl groups is 1. The highest BCUT2D eigenvalue weighted by Crippen LogP contribution is 2.47. The smallest absolute Gasteiger partial charge is 0.350 e. The second-order valence-electron chi connectivity index (χ2n) is 12.1. The number of carbonyl (C=O) groups excluding carboxylic acids is 1. The van der Waals surface area contributed by atoms with Crippen LogP contribution in [0.5, 0.6) is 5.75 Å². The highest BCUT2D eigenvalue weighted by molar-refractivity contribution is 6.35. The summed E-state index contributed by atoms with van der Waals surface area (Å²) in [5.41, 5.74) is 0.306. The maximum atomic E-state index is 15.1. The molecule has 234 valence electrons. The lowest BCUT2D eigenvalue weighted by Gasteiger charge is -2.45. The molecule has 2 fully saturated rings. The van der Waals surface area contributed by atoms with Gasteiger partial charge in [0.2, 0.25) is 5.91 Å². The highest BCUT2D eigenvalue weighted by Gasteiger charge is 2.36. The summed E-state index contributed by atoms with van der Waals surface area (Å²) in [5.74, 6) is -1.02. The van der Waals surface area contributed by atoms with E-state index in [9.17, 15) is 19.1 Å². The second-order valence-corrected chi connectivity index (χ2v) is 12.5. The molecule has 2 aromatic carbocycles. The molecule has 0 saturated carbocycles. The number of piperazine rings is 1. The molecule has 0 unspecified atom stereocenters. The molecule has 1 amide bonds. The van der Waals surface area contributed by atoms with Crippen LogP contribution in [-0.4, -0.2) is 87.9 Å². The Hall–Kier alpha value is -3.54. The first-order chi connectivity index (χ1) is 21.1. The predicted molar refractivity (Wildman–Crippen MR) is 165 cm³/mol. The zero-order valence-electron chi connectivity index (χ0n) is 24.8. The number of ether oxygens (including phenoxy) is 1. The highest BCUT2D eigenvalue weighted by atomic mass is 35.5. The third-order valence-corrected chi connectivity index (χ3v) is 9.36. The van der Waals surface area contributed by atoms with Crippen LogP contribution >= 0.6 is 11.6 Å². The van der Waals surface area contributed by atoms with Gasteiger partial charge in [0.25, 0.3) is 0 Å². The number of aromatic nitrogens is 2. The molecule has 44 heavy (non-hydrogen) atoms. The molecule has 9 nitrogen and oxygen atoms in total. The van der Waals surface area contributed by atoms with Crippen LogP contribution in [0.3, 0.4) is 0 Å². The molecular weight excluding hydrogens is 592 g/mol. The molecule has 12 heteroatoms. The number of halogens is 3. The molecule has 1 N–H and O–H groups in total. The second kappa shape index (κ2) is 12.1. The molecule has 0 aliphatic carbocycles. The number of rotatable bonds is 7. The lowest BCUT2D eigenvalue weighted by Crippen LogP contribution is -2.58. The van der Waals surface area contributed by atoms with Crippen LogP contribution in [-0.2, 0) is 4.79 Å². The Morgan fingerprint density at radius 1 is 1.20 bits per heavy atom. The summed E-state index contributed by atoms with van der Waals surface area (Å²) in [7, 11) is 0. The van der Waals surface area contributed by atoms with E-state index in [1.165, 1.54) is 12.1 Å². The predicted octanol–water partition coefficient (Wildman–Crippen LogP) is 4.39. The van der Waals surface area contributed by atoms with Crippen molar-refractivity contribution in [1.82, 2.24) is 19.4 Å². The number of hydrogen-bond acceptors (Lipinski definition) is 7.